The van der Waals surface area contributed by atoms with E-state index in [1.165, 1.54) is 12.0 Å². The van der Waals surface area contributed by atoms with Gasteiger partial charge in [-0.2, -0.15) is 0 Å². The summed E-state index contributed by atoms with van der Waals surface area (Å²) in [6.07, 6.45) is 10.7. The number of piperidine rings is 1. The SMILES string of the molecule is CCOCCOCCOCCNC(=O)CON=C1[C@H](C)C[C@H](C)/C=C/C=C/C=C(\C)[C@@H](OC)C[C@@H]2CC[C@@H](C)[C@@](O)(O2)C(=O)C(=O)N2CCCC[C@H]2C(=O)O[C@H]([C@H](C)C[C@@H]2CC[C@@H](O)[C@H](OC)C2)C[C@@H](O)[C@H](C)/C=C(\C)[C@@H](O)[C@H]1OC. The average molecular weight is 1150 g/mol. The molecule has 0 aromatic heterocycles. The molecule has 16 atom stereocenters. The number of aliphatic hydroxyl groups is 4. The fraction of sp³-hybridized carbons (Fsp3) is 0.787. The third-order valence-electron chi connectivity index (χ3n) is 16.6. The maximum absolute atomic E-state index is 14.6. The van der Waals surface area contributed by atoms with Crippen LogP contribution in [0.1, 0.15) is 132 Å². The number of ketones is 1. The van der Waals surface area contributed by atoms with Crippen LogP contribution in [0.4, 0.5) is 0 Å². The van der Waals surface area contributed by atoms with Crippen molar-refractivity contribution < 1.29 is 82.3 Å². The zero-order valence-electron chi connectivity index (χ0n) is 50.5. The number of aliphatic hydroxyl groups excluding tert-OH is 3. The fourth-order valence-electron chi connectivity index (χ4n) is 11.5. The summed E-state index contributed by atoms with van der Waals surface area (Å²) in [6.45, 7) is 17.6. The smallest absolute Gasteiger partial charge is 0.329 e. The number of carbonyl (C=O) groups excluding carboxylic acids is 4. The van der Waals surface area contributed by atoms with Crippen molar-refractivity contribution in [2.45, 2.75) is 193 Å². The molecule has 3 fully saturated rings. The highest BCUT2D eigenvalue weighted by molar-refractivity contribution is 6.39. The number of nitrogens with one attached hydrogen (secondary N) is 1. The topological polar surface area (TPSA) is 260 Å². The molecule has 0 radical (unpaired) electrons. The number of esters is 1. The van der Waals surface area contributed by atoms with E-state index >= 15 is 0 Å². The molecule has 0 unspecified atom stereocenters. The Balaban J connectivity index is 1.67. The Morgan fingerprint density at radius 2 is 1.54 bits per heavy atom. The van der Waals surface area contributed by atoms with Gasteiger partial charge in [-0.3, -0.25) is 14.4 Å². The van der Waals surface area contributed by atoms with E-state index < -0.39 is 96.6 Å². The van der Waals surface area contributed by atoms with E-state index in [9.17, 15) is 39.6 Å². The molecular formula is C61H101N3O17. The maximum atomic E-state index is 14.6. The molecule has 462 valence electrons. The minimum absolute atomic E-state index is 0.00185. The molecule has 3 aliphatic heterocycles. The number of amides is 2. The first-order valence-corrected chi connectivity index (χ1v) is 29.7. The summed E-state index contributed by atoms with van der Waals surface area (Å²) in [5, 5.41) is 54.0. The van der Waals surface area contributed by atoms with Gasteiger partial charge in [-0.25, -0.2) is 4.79 Å². The molecule has 1 saturated carbocycles. The Morgan fingerprint density at radius 1 is 0.827 bits per heavy atom. The van der Waals surface area contributed by atoms with Gasteiger partial charge in [0.15, 0.2) is 6.61 Å². The number of nitrogens with zero attached hydrogens (tertiary/aromatic N) is 2. The van der Waals surface area contributed by atoms with E-state index in [1.54, 1.807) is 41.1 Å². The molecule has 5 N–H and O–H groups in total. The highest BCUT2D eigenvalue weighted by Crippen LogP contribution is 2.38. The van der Waals surface area contributed by atoms with Gasteiger partial charge in [-0.05, 0) is 114 Å². The molecule has 2 saturated heterocycles. The number of ether oxygens (including phenoxy) is 8. The van der Waals surface area contributed by atoms with Crippen LogP contribution in [-0.2, 0) is 61.9 Å². The number of carbonyl (C=O) groups is 4. The third kappa shape index (κ3) is 21.9. The van der Waals surface area contributed by atoms with Gasteiger partial charge in [0.25, 0.3) is 17.6 Å². The third-order valence-corrected chi connectivity index (χ3v) is 16.6. The Kier molecular flexibility index (Phi) is 30.9. The zero-order chi connectivity index (χ0) is 59.6. The molecule has 0 aromatic carbocycles. The molecule has 0 spiro atoms. The van der Waals surface area contributed by atoms with Crippen molar-refractivity contribution >= 4 is 29.3 Å². The van der Waals surface area contributed by atoms with Crippen molar-refractivity contribution in [1.82, 2.24) is 10.2 Å². The lowest BCUT2D eigenvalue weighted by molar-refractivity contribution is -0.265. The second-order valence-corrected chi connectivity index (χ2v) is 23.0. The normalized spacial score (nSPS) is 36.1. The summed E-state index contributed by atoms with van der Waals surface area (Å²) in [4.78, 5) is 63.1. The monoisotopic (exact) mass is 1150 g/mol. The molecule has 81 heavy (non-hydrogen) atoms. The van der Waals surface area contributed by atoms with Gasteiger partial charge < -0.3 is 73.4 Å². The summed E-state index contributed by atoms with van der Waals surface area (Å²) in [5.74, 6) is -7.58. The second kappa shape index (κ2) is 36.0. The average Bonchev–Trinajstić information content (AvgIpc) is 3.48. The van der Waals surface area contributed by atoms with Crippen molar-refractivity contribution in [2.75, 3.05) is 80.7 Å². The summed E-state index contributed by atoms with van der Waals surface area (Å²) in [7, 11) is 4.61. The number of allylic oxidation sites excluding steroid dienone is 5. The number of oxime groups is 1. The zero-order valence-corrected chi connectivity index (χ0v) is 50.5. The van der Waals surface area contributed by atoms with Crippen LogP contribution >= 0.6 is 0 Å². The summed E-state index contributed by atoms with van der Waals surface area (Å²) in [6, 6.07) is -1.14. The second-order valence-electron chi connectivity index (χ2n) is 23.0. The Hall–Kier alpha value is -3.93. The first-order chi connectivity index (χ1) is 38.7. The molecule has 1 aliphatic carbocycles. The minimum Gasteiger partial charge on any atom is -0.460 e. The lowest BCUT2D eigenvalue weighted by Gasteiger charge is -2.43. The van der Waals surface area contributed by atoms with Crippen LogP contribution in [0.5, 0.6) is 0 Å². The van der Waals surface area contributed by atoms with E-state index in [0.29, 0.717) is 102 Å². The van der Waals surface area contributed by atoms with E-state index in [1.807, 2.05) is 58.1 Å². The van der Waals surface area contributed by atoms with Crippen LogP contribution in [-0.4, -0.2) is 196 Å². The van der Waals surface area contributed by atoms with Crippen molar-refractivity contribution in [3.63, 3.8) is 0 Å². The lowest BCUT2D eigenvalue weighted by atomic mass is 9.78. The minimum atomic E-state index is -2.44. The standard InChI is InChI=1S/C61H101N3O17/c1-12-76-28-29-78-31-30-77-27-25-62-54(67)38-79-63-55-43(6)32-39(2)18-14-13-15-19-40(3)51(73-9)36-47-23-21-45(8)61(72,81-47)58(69)59(70)64-26-17-16-20-48(64)60(71)80-52(42(5)34-46-22-24-49(65)53(35-46)74-10)37-50(66)41(4)33-44(7)56(68)57(55)75-11/h13-15,18-19,33,39,41-43,45-53,56-57,65-66,68,72H,12,16-17,20-32,34-38H2,1-11H3,(H,62,67)/b15-13+,18-14+,40-19+,44-33+,63-55?/t39-,41-,42-,43-,45-,46+,47+,48+,49-,50-,51+,52+,53-,56-,57+,61-/m1/s1. The van der Waals surface area contributed by atoms with Gasteiger partial charge in [-0.1, -0.05) is 76.2 Å². The van der Waals surface area contributed by atoms with Crippen molar-refractivity contribution in [3.05, 3.63) is 47.6 Å². The van der Waals surface area contributed by atoms with E-state index in [-0.39, 0.29) is 62.3 Å². The number of cyclic esters (lactones) is 1. The fourth-order valence-corrected chi connectivity index (χ4v) is 11.5. The molecular weight excluding hydrogens is 1050 g/mol. The highest BCUT2D eigenvalue weighted by Gasteiger charge is 2.53. The first-order valence-electron chi connectivity index (χ1n) is 29.7. The molecule has 2 amide bonds. The summed E-state index contributed by atoms with van der Waals surface area (Å²) < 4.78 is 46.4. The molecule has 3 heterocycles. The van der Waals surface area contributed by atoms with Gasteiger partial charge in [-0.15, -0.1) is 0 Å². The lowest BCUT2D eigenvalue weighted by Crippen LogP contribution is -2.61. The van der Waals surface area contributed by atoms with Crippen molar-refractivity contribution in [1.29, 1.82) is 0 Å². The van der Waals surface area contributed by atoms with Gasteiger partial charge >= 0.3 is 5.97 Å². The molecule has 20 nitrogen and oxygen atoms in total. The van der Waals surface area contributed by atoms with Crippen LogP contribution in [0.3, 0.4) is 0 Å². The van der Waals surface area contributed by atoms with Crippen LogP contribution < -0.4 is 5.32 Å². The van der Waals surface area contributed by atoms with Gasteiger partial charge in [0.05, 0.1) is 69.3 Å². The molecule has 2 bridgehead atoms. The number of hydrogen-bond donors (Lipinski definition) is 5. The largest absolute Gasteiger partial charge is 0.460 e. The summed E-state index contributed by atoms with van der Waals surface area (Å²) >= 11 is 0. The molecule has 4 rings (SSSR count). The number of hydrogen-bond acceptors (Lipinski definition) is 18. The van der Waals surface area contributed by atoms with E-state index in [4.69, 9.17) is 42.7 Å². The van der Waals surface area contributed by atoms with Crippen LogP contribution in [0.25, 0.3) is 0 Å². The number of methoxy groups -OCH3 is 3. The predicted octanol–water partition coefficient (Wildman–Crippen LogP) is 5.96. The molecule has 4 aliphatic rings. The van der Waals surface area contributed by atoms with E-state index in [0.717, 1.165) is 12.0 Å². The van der Waals surface area contributed by atoms with Crippen LogP contribution in [0, 0.1) is 35.5 Å². The predicted molar refractivity (Wildman–Crippen MR) is 306 cm³/mol. The quantitative estimate of drug-likeness (QED) is 0.0329. The number of rotatable bonds is 19. The van der Waals surface area contributed by atoms with Crippen molar-refractivity contribution in [2.24, 2.45) is 40.7 Å². The van der Waals surface area contributed by atoms with Gasteiger partial charge in [0, 0.05) is 71.6 Å². The number of Topliss-reactive ketones (excluding diaryl/α,β-unsaturated/α-hetero) is 1. The Morgan fingerprint density at radius 3 is 2.23 bits per heavy atom. The van der Waals surface area contributed by atoms with Crippen LogP contribution in [0.15, 0.2) is 52.8 Å². The maximum Gasteiger partial charge on any atom is 0.329 e. The molecule has 0 aromatic rings. The highest BCUT2D eigenvalue weighted by atomic mass is 16.6. The first kappa shape index (κ1) is 69.6. The van der Waals surface area contributed by atoms with Crippen molar-refractivity contribution in [3.8, 4) is 0 Å². The Labute approximate surface area is 482 Å². The number of fused-ring (bicyclic) bond motifs is 3. The van der Waals surface area contributed by atoms with Crippen LogP contribution in [0.2, 0.25) is 0 Å². The van der Waals surface area contributed by atoms with E-state index in [2.05, 4.69) is 17.4 Å². The Bertz CT molecular complexity index is 2080. The van der Waals surface area contributed by atoms with Gasteiger partial charge in [0.2, 0.25) is 5.79 Å². The van der Waals surface area contributed by atoms with Gasteiger partial charge in [0.1, 0.15) is 24.4 Å². The molecule has 20 heteroatoms. The summed E-state index contributed by atoms with van der Waals surface area (Å²) in [5.41, 5.74) is 1.70.